The van der Waals surface area contributed by atoms with E-state index < -0.39 is 11.9 Å². The minimum absolute atomic E-state index is 0. The molecule has 0 atom stereocenters. The summed E-state index contributed by atoms with van der Waals surface area (Å²) in [5.41, 5.74) is 0. The van der Waals surface area contributed by atoms with Crippen molar-refractivity contribution in [3.63, 3.8) is 0 Å². The molecule has 0 aromatic heterocycles. The van der Waals surface area contributed by atoms with Crippen molar-refractivity contribution in [3.05, 3.63) is 12.2 Å². The molecule has 4 nitrogen and oxygen atoms in total. The molecule has 0 aromatic carbocycles. The van der Waals surface area contributed by atoms with E-state index in [-0.39, 0.29) is 23.1 Å². The molecule has 0 aliphatic heterocycles. The van der Waals surface area contributed by atoms with Crippen molar-refractivity contribution in [1.82, 2.24) is 0 Å². The maximum Gasteiger partial charge on any atom is 2.00 e. The molecule has 140 valence electrons. The van der Waals surface area contributed by atoms with Crippen LogP contribution < -0.4 is 5.11 Å². The number of unbranched alkanes of at least 4 members (excludes halogenated alkanes) is 13. The second-order valence-corrected chi connectivity index (χ2v) is 6.42. The Morgan fingerprint density at radius 3 is 1.52 bits per heavy atom. The summed E-state index contributed by atoms with van der Waals surface area (Å²) >= 11 is 0. The molecule has 0 aromatic rings. The van der Waals surface area contributed by atoms with Gasteiger partial charge in [0.2, 0.25) is 0 Å². The Morgan fingerprint density at radius 1 is 0.720 bits per heavy atom. The minimum Gasteiger partial charge on any atom is -0.545 e. The number of ether oxygens (including phenoxy) is 1. The molecule has 0 radical (unpaired) electrons. The molecule has 0 heterocycles. The summed E-state index contributed by atoms with van der Waals surface area (Å²) in [5, 5.41) is 10.1. The van der Waals surface area contributed by atoms with Crippen LogP contribution in [0.25, 0.3) is 0 Å². The van der Waals surface area contributed by atoms with Crippen LogP contribution in [0.1, 0.15) is 96.8 Å². The molecule has 0 N–H and O–H groups in total. The molecule has 0 fully saturated rings. The monoisotopic (exact) mass is 363 g/mol. The molecular formula is C20H35MgO4+. The molecule has 0 aliphatic carbocycles. The molecule has 0 rings (SSSR count). The number of carbonyl (C=O) groups excluding carboxylic acids is 2. The maximum absolute atomic E-state index is 11.1. The third-order valence-corrected chi connectivity index (χ3v) is 4.10. The van der Waals surface area contributed by atoms with Crippen molar-refractivity contribution in [2.45, 2.75) is 96.8 Å². The van der Waals surface area contributed by atoms with Gasteiger partial charge in [0, 0.05) is 6.08 Å². The second-order valence-electron chi connectivity index (χ2n) is 6.42. The van der Waals surface area contributed by atoms with Gasteiger partial charge in [0.15, 0.2) is 0 Å². The second kappa shape index (κ2) is 21.5. The predicted octanol–water partition coefficient (Wildman–Crippen LogP) is 3.94. The molecule has 0 bridgehead atoms. The quantitative estimate of drug-likeness (QED) is 0.170. The first-order valence-electron chi connectivity index (χ1n) is 9.72. The van der Waals surface area contributed by atoms with Crippen molar-refractivity contribution < 1.29 is 19.4 Å². The van der Waals surface area contributed by atoms with Crippen LogP contribution in [0, 0.1) is 0 Å². The topological polar surface area (TPSA) is 66.4 Å². The number of hydrogen-bond acceptors (Lipinski definition) is 4. The third kappa shape index (κ3) is 23.4. The van der Waals surface area contributed by atoms with Crippen LogP contribution in [0.2, 0.25) is 0 Å². The average molecular weight is 364 g/mol. The summed E-state index contributed by atoms with van der Waals surface area (Å²) in [6.45, 7) is 2.61. The van der Waals surface area contributed by atoms with E-state index in [1.54, 1.807) is 0 Å². The number of hydrogen-bond donors (Lipinski definition) is 0. The average Bonchev–Trinajstić information content (AvgIpc) is 2.56. The Kier molecular flexibility index (Phi) is 22.9. The Labute approximate surface area is 169 Å². The predicted molar refractivity (Wildman–Crippen MR) is 101 cm³/mol. The molecule has 25 heavy (non-hydrogen) atoms. The first-order chi connectivity index (χ1) is 11.7. The molecule has 0 unspecified atom stereocenters. The van der Waals surface area contributed by atoms with Crippen LogP contribution in [-0.4, -0.2) is 41.6 Å². The van der Waals surface area contributed by atoms with Crippen LogP contribution in [0.15, 0.2) is 12.2 Å². The summed E-state index contributed by atoms with van der Waals surface area (Å²) in [4.78, 5) is 21.2. The van der Waals surface area contributed by atoms with Crippen LogP contribution in [0.5, 0.6) is 0 Å². The van der Waals surface area contributed by atoms with Gasteiger partial charge in [0.05, 0.1) is 12.6 Å². The van der Waals surface area contributed by atoms with Crippen molar-refractivity contribution in [3.8, 4) is 0 Å². The fraction of sp³-hybridized carbons (Fsp3) is 0.800. The SMILES string of the molecule is CCCCCCCCCCCCCCCCOC(=O)/C=C/C(=O)[O-].[Mg+2]. The first kappa shape index (κ1) is 26.7. The molecule has 0 saturated carbocycles. The van der Waals surface area contributed by atoms with Crippen molar-refractivity contribution in [2.75, 3.05) is 6.61 Å². The smallest absolute Gasteiger partial charge is 0.545 e. The number of esters is 1. The van der Waals surface area contributed by atoms with E-state index >= 15 is 0 Å². The zero-order valence-corrected chi connectivity index (χ0v) is 17.5. The minimum atomic E-state index is -1.39. The van der Waals surface area contributed by atoms with Crippen LogP contribution in [-0.2, 0) is 14.3 Å². The molecular weight excluding hydrogens is 329 g/mol. The van der Waals surface area contributed by atoms with E-state index in [9.17, 15) is 14.7 Å². The zero-order valence-electron chi connectivity index (χ0n) is 16.1. The van der Waals surface area contributed by atoms with Crippen LogP contribution in [0.4, 0.5) is 0 Å². The van der Waals surface area contributed by atoms with E-state index in [0.29, 0.717) is 12.7 Å². The van der Waals surface area contributed by atoms with Crippen molar-refractivity contribution in [2.24, 2.45) is 0 Å². The zero-order chi connectivity index (χ0) is 17.9. The van der Waals surface area contributed by atoms with E-state index in [0.717, 1.165) is 18.9 Å². The Morgan fingerprint density at radius 2 is 1.12 bits per heavy atom. The maximum atomic E-state index is 11.1. The van der Waals surface area contributed by atoms with Gasteiger partial charge in [-0.25, -0.2) is 4.79 Å². The number of rotatable bonds is 17. The standard InChI is InChI=1S/C20H36O4.Mg/c1-2-3-4-5-6-7-8-9-10-11-12-13-14-15-18-24-20(23)17-16-19(21)22;/h16-17H,2-15,18H2,1H3,(H,21,22);/q;+2/p-1/b17-16+;. The number of carbonyl (C=O) groups is 2. The summed E-state index contributed by atoms with van der Waals surface area (Å²) in [6, 6.07) is 0. The van der Waals surface area contributed by atoms with E-state index in [1.807, 2.05) is 0 Å². The van der Waals surface area contributed by atoms with Crippen molar-refractivity contribution in [1.29, 1.82) is 0 Å². The number of carboxylic acids is 1. The van der Waals surface area contributed by atoms with Gasteiger partial charge in [0.1, 0.15) is 0 Å². The Hall–Kier alpha value is -0.554. The van der Waals surface area contributed by atoms with Gasteiger partial charge in [-0.2, -0.15) is 0 Å². The van der Waals surface area contributed by atoms with Crippen molar-refractivity contribution >= 4 is 35.0 Å². The number of aliphatic carboxylic acids is 1. The summed E-state index contributed by atoms with van der Waals surface area (Å²) in [7, 11) is 0. The molecule has 0 amide bonds. The first-order valence-corrected chi connectivity index (χ1v) is 9.72. The van der Waals surface area contributed by atoms with Gasteiger partial charge >= 0.3 is 29.0 Å². The fourth-order valence-electron chi connectivity index (χ4n) is 2.65. The van der Waals surface area contributed by atoms with Gasteiger partial charge in [-0.3, -0.25) is 0 Å². The summed E-state index contributed by atoms with van der Waals surface area (Å²) in [5.74, 6) is -2.00. The molecule has 0 spiro atoms. The third-order valence-electron chi connectivity index (χ3n) is 4.10. The van der Waals surface area contributed by atoms with E-state index in [4.69, 9.17) is 4.74 Å². The van der Waals surface area contributed by atoms with E-state index in [2.05, 4.69) is 6.92 Å². The van der Waals surface area contributed by atoms with Gasteiger partial charge in [0.25, 0.3) is 0 Å². The van der Waals surface area contributed by atoms with Gasteiger partial charge in [-0.05, 0) is 12.5 Å². The number of carboxylic acid groups (broad SMARTS) is 1. The largest absolute Gasteiger partial charge is 2.00 e. The fourth-order valence-corrected chi connectivity index (χ4v) is 2.65. The Bertz CT molecular complexity index is 343. The summed E-state index contributed by atoms with van der Waals surface area (Å²) < 4.78 is 4.88. The van der Waals surface area contributed by atoms with Gasteiger partial charge in [-0.15, -0.1) is 0 Å². The van der Waals surface area contributed by atoms with Gasteiger partial charge in [-0.1, -0.05) is 90.4 Å². The Balaban J connectivity index is 0. The molecule has 5 heteroatoms. The van der Waals surface area contributed by atoms with E-state index in [1.165, 1.54) is 77.0 Å². The molecule has 0 saturated heterocycles. The molecule has 0 aliphatic rings. The van der Waals surface area contributed by atoms with Crippen LogP contribution >= 0.6 is 0 Å². The van der Waals surface area contributed by atoms with Crippen LogP contribution in [0.3, 0.4) is 0 Å². The van der Waals surface area contributed by atoms with Gasteiger partial charge < -0.3 is 14.6 Å². The normalized spacial score (nSPS) is 10.6. The summed E-state index contributed by atoms with van der Waals surface area (Å²) in [6.07, 6.45) is 19.5.